The van der Waals surface area contributed by atoms with Crippen LogP contribution in [0, 0.1) is 37.2 Å². The first-order valence-electron chi connectivity index (χ1n) is 15.4. The number of carbonyl (C=O) groups excluding carboxylic acids is 1. The molecule has 1 aromatic carbocycles. The minimum Gasteiger partial charge on any atom is -0.512 e. The number of thiophene rings is 1. The molecule has 0 atom stereocenters. The Kier molecular flexibility index (Phi) is 15.3. The summed E-state index contributed by atoms with van der Waals surface area (Å²) in [5.41, 5.74) is 7.82. The number of aromatic nitrogens is 2. The molecule has 0 saturated carbocycles. The Bertz CT molecular complexity index is 1320. The van der Waals surface area contributed by atoms with Crippen molar-refractivity contribution in [2.45, 2.75) is 121 Å². The van der Waals surface area contributed by atoms with Crippen molar-refractivity contribution < 1.29 is 30.0 Å². The molecule has 235 valence electrons. The number of carbonyl (C=O) groups is 1. The van der Waals surface area contributed by atoms with E-state index in [1.165, 1.54) is 20.7 Å². The van der Waals surface area contributed by atoms with Crippen LogP contribution in [0.5, 0.6) is 0 Å². The largest absolute Gasteiger partial charge is 0.512 e. The van der Waals surface area contributed by atoms with Crippen LogP contribution in [0.4, 0.5) is 0 Å². The van der Waals surface area contributed by atoms with Gasteiger partial charge in [0.25, 0.3) is 0 Å². The van der Waals surface area contributed by atoms with Gasteiger partial charge >= 0.3 is 0 Å². The first-order valence-corrected chi connectivity index (χ1v) is 16.2. The molecule has 1 N–H and O–H groups in total. The normalized spacial score (nSPS) is 12.4. The quantitative estimate of drug-likeness (QED) is 0.127. The van der Waals surface area contributed by atoms with Crippen molar-refractivity contribution >= 4 is 27.3 Å². The Morgan fingerprint density at radius 2 is 1.55 bits per heavy atom. The maximum Gasteiger partial charge on any atom is 0.164 e. The van der Waals surface area contributed by atoms with Crippen LogP contribution in [0.1, 0.15) is 122 Å². The molecule has 42 heavy (non-hydrogen) atoms. The van der Waals surface area contributed by atoms with Gasteiger partial charge < -0.3 is 5.11 Å². The predicted octanol–water partition coefficient (Wildman–Crippen LogP) is 10.7. The monoisotopic (exact) mass is 770 g/mol. The summed E-state index contributed by atoms with van der Waals surface area (Å²) < 4.78 is 1.20. The molecule has 0 aliphatic heterocycles. The Morgan fingerprint density at radius 3 is 2.02 bits per heavy atom. The van der Waals surface area contributed by atoms with E-state index in [4.69, 9.17) is 0 Å². The number of aliphatic hydroxyl groups excluding tert-OH is 1. The molecule has 3 aromatic rings. The molecule has 0 fully saturated rings. The fourth-order valence-corrected chi connectivity index (χ4v) is 7.18. The van der Waals surface area contributed by atoms with Gasteiger partial charge in [-0.3, -0.25) is 9.78 Å². The van der Waals surface area contributed by atoms with Crippen molar-refractivity contribution in [1.82, 2.24) is 9.97 Å². The Balaban J connectivity index is 0.000000455. The van der Waals surface area contributed by atoms with E-state index in [1.807, 2.05) is 39.0 Å². The zero-order valence-corrected chi connectivity index (χ0v) is 31.2. The van der Waals surface area contributed by atoms with Crippen LogP contribution < -0.4 is 0 Å². The van der Waals surface area contributed by atoms with E-state index in [0.717, 1.165) is 54.4 Å². The van der Waals surface area contributed by atoms with Crippen molar-refractivity contribution in [1.29, 1.82) is 0 Å². The van der Waals surface area contributed by atoms with Gasteiger partial charge in [-0.2, -0.15) is 0 Å². The van der Waals surface area contributed by atoms with E-state index >= 15 is 0 Å². The van der Waals surface area contributed by atoms with Gasteiger partial charge in [-0.05, 0) is 55.9 Å². The summed E-state index contributed by atoms with van der Waals surface area (Å²) in [6, 6.07) is 7.81. The topological polar surface area (TPSA) is 63.1 Å². The van der Waals surface area contributed by atoms with Gasteiger partial charge in [0.2, 0.25) is 0 Å². The number of hydrogen-bond acceptors (Lipinski definition) is 5. The molecule has 3 rings (SSSR count). The van der Waals surface area contributed by atoms with Gasteiger partial charge in [0.15, 0.2) is 5.78 Å². The fraction of sp³-hybridized carbons (Fsp3) is 0.583. The summed E-state index contributed by atoms with van der Waals surface area (Å²) in [5.74, 6) is 1.09. The second kappa shape index (κ2) is 16.8. The third-order valence-corrected chi connectivity index (χ3v) is 8.94. The fourth-order valence-electron chi connectivity index (χ4n) is 5.47. The van der Waals surface area contributed by atoms with Gasteiger partial charge in [-0.25, -0.2) is 4.98 Å². The number of aryl methyl sites for hydroxylation is 2. The zero-order valence-electron chi connectivity index (χ0n) is 28.0. The Labute approximate surface area is 273 Å². The van der Waals surface area contributed by atoms with Crippen LogP contribution in [0.15, 0.2) is 29.8 Å². The summed E-state index contributed by atoms with van der Waals surface area (Å²) in [6.07, 6.45) is 6.25. The second-order valence-corrected chi connectivity index (χ2v) is 14.0. The van der Waals surface area contributed by atoms with Crippen LogP contribution in [0.25, 0.3) is 21.5 Å². The molecule has 0 amide bonds. The number of aliphatic hydroxyl groups is 1. The Hall–Kier alpha value is -1.88. The maximum atomic E-state index is 12.1. The molecule has 2 aromatic heterocycles. The van der Waals surface area contributed by atoms with Crippen molar-refractivity contribution in [2.75, 3.05) is 0 Å². The number of nitrogens with zero attached hydrogens (tertiary/aromatic N) is 2. The van der Waals surface area contributed by atoms with E-state index in [1.54, 1.807) is 13.3 Å². The molecule has 6 heteroatoms. The maximum absolute atomic E-state index is 12.1. The number of hydrogen-bond donors (Lipinski definition) is 1. The van der Waals surface area contributed by atoms with Gasteiger partial charge in [-0.15, -0.1) is 46.2 Å². The molecule has 4 nitrogen and oxygen atoms in total. The van der Waals surface area contributed by atoms with E-state index < -0.39 is 0 Å². The van der Waals surface area contributed by atoms with Crippen LogP contribution in [0.3, 0.4) is 0 Å². The minimum atomic E-state index is 0. The van der Waals surface area contributed by atoms with E-state index in [9.17, 15) is 9.90 Å². The van der Waals surface area contributed by atoms with Crippen LogP contribution in [-0.4, -0.2) is 20.9 Å². The van der Waals surface area contributed by atoms with E-state index in [2.05, 4.69) is 76.6 Å². The summed E-state index contributed by atoms with van der Waals surface area (Å²) in [5, 5.41) is 10.0. The molecular formula is C36H53IrN2O2S-. The third-order valence-electron chi connectivity index (χ3n) is 7.74. The number of allylic oxidation sites excluding steroid dienone is 2. The molecule has 0 unspecified atom stereocenters. The standard InChI is InChI=1S/C22H27N2S.C14H26O2.Ir/c1-13(2)18-17(11-22(5,6)7)25-21-19(23-12-24-20(18)21)16-9-14(3)8-15(4)10-16;1-6-11(7-2)13(15)10(5)14(16)12(8-3)9-4;/h8-9,12-13H,11H2,1-7H3;11-12,15H,6-9H2,1-5H3;/q-1;;. The number of rotatable bonds is 10. The SMILES string of the molecule is CCC(CC)C(=O)C(C)=C(O)C(CC)CC.Cc1[c-]c(-c2ncnc3c(C(C)C)c(CC(C)(C)C)sc23)cc(C)c1.[Ir]. The molecule has 0 saturated heterocycles. The average Bonchev–Trinajstić information content (AvgIpc) is 3.25. The van der Waals surface area contributed by atoms with Gasteiger partial charge in [-0.1, -0.05) is 76.2 Å². The van der Waals surface area contributed by atoms with Crippen molar-refractivity contribution in [3.05, 3.63) is 57.4 Å². The van der Waals surface area contributed by atoms with Crippen molar-refractivity contribution in [3.63, 3.8) is 0 Å². The van der Waals surface area contributed by atoms with Crippen molar-refractivity contribution in [3.8, 4) is 11.3 Å². The van der Waals surface area contributed by atoms with Crippen LogP contribution in [0.2, 0.25) is 0 Å². The number of benzene rings is 1. The molecule has 0 spiro atoms. The molecule has 1 radical (unpaired) electrons. The minimum absolute atomic E-state index is 0. The van der Waals surface area contributed by atoms with Gasteiger partial charge in [0.05, 0.1) is 5.52 Å². The van der Waals surface area contributed by atoms with Crippen LogP contribution in [-0.2, 0) is 31.3 Å². The summed E-state index contributed by atoms with van der Waals surface area (Å²) in [4.78, 5) is 22.8. The predicted molar refractivity (Wildman–Crippen MR) is 177 cm³/mol. The average molecular weight is 770 g/mol. The van der Waals surface area contributed by atoms with Crippen LogP contribution >= 0.6 is 11.3 Å². The van der Waals surface area contributed by atoms with E-state index in [-0.39, 0.29) is 43.1 Å². The molecule has 2 heterocycles. The smallest absolute Gasteiger partial charge is 0.164 e. The summed E-state index contributed by atoms with van der Waals surface area (Å²) in [6.45, 7) is 25.5. The third kappa shape index (κ3) is 9.82. The number of ketones is 1. The zero-order chi connectivity index (χ0) is 31.1. The first-order chi connectivity index (χ1) is 19.2. The molecule has 0 aliphatic carbocycles. The molecule has 0 aliphatic rings. The van der Waals surface area contributed by atoms with Gasteiger partial charge in [0.1, 0.15) is 12.1 Å². The van der Waals surface area contributed by atoms with Gasteiger partial charge in [0, 0.05) is 52.8 Å². The number of Topliss-reactive ketones (excluding diaryl/α,β-unsaturated/α-hetero) is 1. The molecular weight excluding hydrogens is 717 g/mol. The summed E-state index contributed by atoms with van der Waals surface area (Å²) in [7, 11) is 0. The Morgan fingerprint density at radius 1 is 0.976 bits per heavy atom. The summed E-state index contributed by atoms with van der Waals surface area (Å²) >= 11 is 1.87. The second-order valence-electron chi connectivity index (χ2n) is 12.9. The first kappa shape index (κ1) is 38.1. The van der Waals surface area contributed by atoms with Crippen molar-refractivity contribution in [2.24, 2.45) is 17.3 Å². The molecule has 0 bridgehead atoms. The van der Waals surface area contributed by atoms with E-state index in [0.29, 0.717) is 17.3 Å². The number of fused-ring (bicyclic) bond motifs is 1.